The molecular weight excluding hydrogens is 191 g/mol. The lowest BCUT2D eigenvalue weighted by atomic mass is 10.1. The van der Waals surface area contributed by atoms with Crippen molar-refractivity contribution < 1.29 is 4.39 Å². The molecule has 0 aliphatic rings. The maximum absolute atomic E-state index is 12.3. The predicted molar refractivity (Wildman–Crippen MR) is 62.5 cm³/mol. The van der Waals surface area contributed by atoms with Crippen LogP contribution in [0.15, 0.2) is 31.1 Å². The Morgan fingerprint density at radius 1 is 1.53 bits per heavy atom. The van der Waals surface area contributed by atoms with Gasteiger partial charge in [0.1, 0.15) is 12.3 Å². The maximum atomic E-state index is 12.3. The second-order valence-corrected chi connectivity index (χ2v) is 2.84. The Morgan fingerprint density at radius 2 is 2.27 bits per heavy atom. The van der Waals surface area contributed by atoms with Gasteiger partial charge in [0.05, 0.1) is 0 Å². The fraction of sp³-hybridized carbons (Fsp3) is 0.250. The number of nitrogens with zero attached hydrogens (tertiary/aromatic N) is 1. The summed E-state index contributed by atoms with van der Waals surface area (Å²) in [6, 6.07) is 3.72. The second-order valence-electron chi connectivity index (χ2n) is 2.84. The minimum atomic E-state index is -0.526. The van der Waals surface area contributed by atoms with Crippen molar-refractivity contribution in [2.75, 3.05) is 6.67 Å². The molecule has 0 aliphatic heterocycles. The molecule has 2 aromatic rings. The van der Waals surface area contributed by atoms with Gasteiger partial charge in [0.25, 0.3) is 0 Å². The summed E-state index contributed by atoms with van der Waals surface area (Å²) in [5.41, 5.74) is 2.07. The maximum Gasteiger partial charge on any atom is 0.137 e. The molecule has 0 radical (unpaired) electrons. The molecule has 2 heterocycles. The first-order chi connectivity index (χ1) is 7.33. The number of H-pyrrole nitrogens is 1. The van der Waals surface area contributed by atoms with E-state index in [1.165, 1.54) is 0 Å². The molecule has 2 rings (SSSR count). The van der Waals surface area contributed by atoms with Gasteiger partial charge in [0.2, 0.25) is 0 Å². The Balaban J connectivity index is 0.000000531. The Kier molecular flexibility index (Phi) is 4.03. The van der Waals surface area contributed by atoms with Crippen LogP contribution in [0.4, 0.5) is 4.39 Å². The van der Waals surface area contributed by atoms with Crippen LogP contribution in [0.3, 0.4) is 0 Å². The van der Waals surface area contributed by atoms with Gasteiger partial charge in [0.15, 0.2) is 0 Å². The number of aromatic amines is 1. The van der Waals surface area contributed by atoms with Gasteiger partial charge in [-0.1, -0.05) is 20.4 Å². The van der Waals surface area contributed by atoms with Crippen LogP contribution in [-0.2, 0) is 0 Å². The molecule has 0 aliphatic carbocycles. The van der Waals surface area contributed by atoms with Crippen molar-refractivity contribution >= 4 is 16.6 Å². The number of alkyl halides is 1. The summed E-state index contributed by atoms with van der Waals surface area (Å²) in [6.45, 7) is 7.12. The van der Waals surface area contributed by atoms with E-state index in [0.29, 0.717) is 5.57 Å². The van der Waals surface area contributed by atoms with Gasteiger partial charge in [-0.25, -0.2) is 9.37 Å². The zero-order valence-electron chi connectivity index (χ0n) is 9.05. The van der Waals surface area contributed by atoms with E-state index in [1.54, 1.807) is 12.4 Å². The van der Waals surface area contributed by atoms with Crippen molar-refractivity contribution in [1.82, 2.24) is 9.97 Å². The van der Waals surface area contributed by atoms with E-state index in [-0.39, 0.29) is 0 Å². The molecule has 15 heavy (non-hydrogen) atoms. The normalized spacial score (nSPS) is 9.53. The van der Waals surface area contributed by atoms with E-state index in [4.69, 9.17) is 0 Å². The number of allylic oxidation sites excluding steroid dienone is 1. The number of fused-ring (bicyclic) bond motifs is 1. The van der Waals surface area contributed by atoms with E-state index in [2.05, 4.69) is 16.5 Å². The van der Waals surface area contributed by atoms with Crippen LogP contribution in [0.5, 0.6) is 0 Å². The Hall–Kier alpha value is -1.64. The molecule has 0 amide bonds. The van der Waals surface area contributed by atoms with E-state index in [9.17, 15) is 4.39 Å². The molecule has 80 valence electrons. The van der Waals surface area contributed by atoms with Crippen molar-refractivity contribution in [2.24, 2.45) is 0 Å². The number of hydrogen-bond donors (Lipinski definition) is 1. The molecule has 0 unspecified atom stereocenters. The highest BCUT2D eigenvalue weighted by atomic mass is 19.1. The van der Waals surface area contributed by atoms with Crippen LogP contribution in [0.2, 0.25) is 0 Å². The number of pyridine rings is 1. The first kappa shape index (κ1) is 11.4. The summed E-state index contributed by atoms with van der Waals surface area (Å²) in [4.78, 5) is 7.06. The van der Waals surface area contributed by atoms with Gasteiger partial charge < -0.3 is 4.98 Å². The molecule has 3 heteroatoms. The van der Waals surface area contributed by atoms with Gasteiger partial charge in [0, 0.05) is 23.3 Å². The Labute approximate surface area is 88.8 Å². The third-order valence-corrected chi connectivity index (χ3v) is 1.99. The van der Waals surface area contributed by atoms with Crippen molar-refractivity contribution in [3.63, 3.8) is 0 Å². The molecule has 0 saturated heterocycles. The number of rotatable bonds is 2. The third-order valence-electron chi connectivity index (χ3n) is 1.99. The van der Waals surface area contributed by atoms with Gasteiger partial charge in [-0.3, -0.25) is 0 Å². The van der Waals surface area contributed by atoms with Gasteiger partial charge in [-0.05, 0) is 17.7 Å². The zero-order valence-corrected chi connectivity index (χ0v) is 9.05. The molecule has 1 N–H and O–H groups in total. The van der Waals surface area contributed by atoms with E-state index in [1.807, 2.05) is 26.0 Å². The van der Waals surface area contributed by atoms with Gasteiger partial charge in [-0.2, -0.15) is 0 Å². The third kappa shape index (κ3) is 2.24. The van der Waals surface area contributed by atoms with Crippen LogP contribution in [0.25, 0.3) is 16.6 Å². The molecule has 0 bridgehead atoms. The average Bonchev–Trinajstić information content (AvgIpc) is 2.74. The van der Waals surface area contributed by atoms with Crippen LogP contribution >= 0.6 is 0 Å². The summed E-state index contributed by atoms with van der Waals surface area (Å²) >= 11 is 0. The number of halogens is 1. The minimum absolute atomic E-state index is 0.485. The van der Waals surface area contributed by atoms with Crippen LogP contribution in [0.1, 0.15) is 19.4 Å². The van der Waals surface area contributed by atoms with Crippen LogP contribution in [-0.4, -0.2) is 16.6 Å². The smallest absolute Gasteiger partial charge is 0.137 e. The van der Waals surface area contributed by atoms with E-state index in [0.717, 1.165) is 16.6 Å². The minimum Gasteiger partial charge on any atom is -0.346 e. The highest BCUT2D eigenvalue weighted by Crippen LogP contribution is 2.22. The summed E-state index contributed by atoms with van der Waals surface area (Å²) in [6.07, 6.45) is 3.43. The lowest BCUT2D eigenvalue weighted by Gasteiger charge is -1.96. The number of nitrogens with one attached hydrogen (secondary N) is 1. The molecule has 2 nitrogen and oxygen atoms in total. The fourth-order valence-corrected chi connectivity index (χ4v) is 1.32. The van der Waals surface area contributed by atoms with Gasteiger partial charge >= 0.3 is 0 Å². The van der Waals surface area contributed by atoms with Crippen molar-refractivity contribution in [3.05, 3.63) is 36.7 Å². The van der Waals surface area contributed by atoms with Crippen molar-refractivity contribution in [1.29, 1.82) is 0 Å². The molecule has 0 aromatic carbocycles. The highest BCUT2D eigenvalue weighted by molar-refractivity contribution is 5.90. The molecule has 2 aromatic heterocycles. The summed E-state index contributed by atoms with van der Waals surface area (Å²) in [5, 5.41) is 0.921. The van der Waals surface area contributed by atoms with E-state index < -0.39 is 6.67 Å². The molecule has 0 fully saturated rings. The topological polar surface area (TPSA) is 28.7 Å². The van der Waals surface area contributed by atoms with Crippen LogP contribution < -0.4 is 0 Å². The summed E-state index contributed by atoms with van der Waals surface area (Å²) in [7, 11) is 0. The Morgan fingerprint density at radius 3 is 2.93 bits per heavy atom. The molecule has 0 saturated carbocycles. The monoisotopic (exact) mass is 206 g/mol. The highest BCUT2D eigenvalue weighted by Gasteiger charge is 2.05. The SMILES string of the molecule is C=C(CF)c1c[nH]c2ncccc12.CC. The molecule has 0 spiro atoms. The molecular formula is C12H15FN2. The predicted octanol–water partition coefficient (Wildman–Crippen LogP) is 3.57. The standard InChI is InChI=1S/C10H9FN2.C2H6/c1-7(5-11)9-6-13-10-8(9)3-2-4-12-10;1-2/h2-4,6H,1,5H2,(H,12,13);1-2H3. The van der Waals surface area contributed by atoms with E-state index >= 15 is 0 Å². The first-order valence-electron chi connectivity index (χ1n) is 4.99. The van der Waals surface area contributed by atoms with Crippen molar-refractivity contribution in [3.8, 4) is 0 Å². The number of hydrogen-bond acceptors (Lipinski definition) is 1. The largest absolute Gasteiger partial charge is 0.346 e. The fourth-order valence-electron chi connectivity index (χ4n) is 1.32. The van der Waals surface area contributed by atoms with Crippen LogP contribution in [0, 0.1) is 0 Å². The quantitative estimate of drug-likeness (QED) is 0.799. The molecule has 0 atom stereocenters. The second kappa shape index (κ2) is 5.29. The number of aromatic nitrogens is 2. The zero-order chi connectivity index (χ0) is 11.3. The summed E-state index contributed by atoms with van der Waals surface area (Å²) in [5.74, 6) is 0. The lowest BCUT2D eigenvalue weighted by Crippen LogP contribution is -1.81. The summed E-state index contributed by atoms with van der Waals surface area (Å²) < 4.78 is 12.3. The first-order valence-corrected chi connectivity index (χ1v) is 4.99. The van der Waals surface area contributed by atoms with Crippen molar-refractivity contribution in [2.45, 2.75) is 13.8 Å². The average molecular weight is 206 g/mol. The van der Waals surface area contributed by atoms with Gasteiger partial charge in [-0.15, -0.1) is 0 Å². The Bertz CT molecular complexity index is 446. The lowest BCUT2D eigenvalue weighted by molar-refractivity contribution is 0.572.